The van der Waals surface area contributed by atoms with Gasteiger partial charge in [-0.2, -0.15) is 0 Å². The lowest BCUT2D eigenvalue weighted by molar-refractivity contribution is -0.274. The Bertz CT molecular complexity index is 683. The Morgan fingerprint density at radius 1 is 1.10 bits per heavy atom. The Labute approximate surface area is 121 Å². The SMILES string of the molecule is O=Cc1cc(-c2cc(F)ccc2Cl)ccc1OC(F)(F)F. The second-order valence-corrected chi connectivity index (χ2v) is 4.45. The van der Waals surface area contributed by atoms with Crippen LogP contribution in [0.15, 0.2) is 36.4 Å². The summed E-state index contributed by atoms with van der Waals surface area (Å²) in [6, 6.07) is 6.97. The molecular formula is C14H7ClF4O2. The fourth-order valence-electron chi connectivity index (χ4n) is 1.74. The predicted molar refractivity (Wildman–Crippen MR) is 68.9 cm³/mol. The minimum atomic E-state index is -4.91. The van der Waals surface area contributed by atoms with Crippen molar-refractivity contribution in [1.29, 1.82) is 0 Å². The summed E-state index contributed by atoms with van der Waals surface area (Å²) in [6.07, 6.45) is -4.69. The van der Waals surface area contributed by atoms with E-state index >= 15 is 0 Å². The first kappa shape index (κ1) is 15.3. The molecule has 0 aliphatic rings. The third kappa shape index (κ3) is 3.72. The molecule has 21 heavy (non-hydrogen) atoms. The Balaban J connectivity index is 2.48. The van der Waals surface area contributed by atoms with Crippen molar-refractivity contribution in [2.45, 2.75) is 6.36 Å². The molecule has 0 aliphatic carbocycles. The topological polar surface area (TPSA) is 26.3 Å². The van der Waals surface area contributed by atoms with Crippen molar-refractivity contribution >= 4 is 17.9 Å². The van der Waals surface area contributed by atoms with Gasteiger partial charge in [-0.05, 0) is 35.9 Å². The third-order valence-corrected chi connectivity index (χ3v) is 2.93. The van der Waals surface area contributed by atoms with Crippen LogP contribution in [0, 0.1) is 5.82 Å². The second-order valence-electron chi connectivity index (χ2n) is 4.04. The maximum atomic E-state index is 13.2. The molecule has 0 aliphatic heterocycles. The molecular weight excluding hydrogens is 312 g/mol. The molecule has 0 radical (unpaired) electrons. The molecule has 2 aromatic rings. The number of hydrogen-bond acceptors (Lipinski definition) is 2. The van der Waals surface area contributed by atoms with E-state index in [0.29, 0.717) is 5.56 Å². The van der Waals surface area contributed by atoms with Gasteiger partial charge in [0, 0.05) is 10.6 Å². The van der Waals surface area contributed by atoms with Crippen LogP contribution in [0.5, 0.6) is 5.75 Å². The summed E-state index contributed by atoms with van der Waals surface area (Å²) >= 11 is 5.91. The highest BCUT2D eigenvalue weighted by Crippen LogP contribution is 2.33. The van der Waals surface area contributed by atoms with Gasteiger partial charge in [0.1, 0.15) is 11.6 Å². The van der Waals surface area contributed by atoms with E-state index in [0.717, 1.165) is 24.3 Å². The second kappa shape index (κ2) is 5.73. The summed E-state index contributed by atoms with van der Waals surface area (Å²) in [5.74, 6) is -1.19. The average Bonchev–Trinajstić information content (AvgIpc) is 2.40. The molecule has 7 heteroatoms. The van der Waals surface area contributed by atoms with E-state index in [2.05, 4.69) is 4.74 Å². The number of aldehydes is 1. The van der Waals surface area contributed by atoms with E-state index in [4.69, 9.17) is 11.6 Å². The van der Waals surface area contributed by atoms with Gasteiger partial charge in [-0.25, -0.2) is 4.39 Å². The molecule has 0 heterocycles. The Kier molecular flexibility index (Phi) is 4.18. The van der Waals surface area contributed by atoms with Gasteiger partial charge in [-0.3, -0.25) is 4.79 Å². The first-order valence-electron chi connectivity index (χ1n) is 5.60. The normalized spacial score (nSPS) is 11.3. The molecule has 0 saturated carbocycles. The highest BCUT2D eigenvalue weighted by molar-refractivity contribution is 6.33. The zero-order chi connectivity index (χ0) is 15.6. The van der Waals surface area contributed by atoms with Gasteiger partial charge in [0.05, 0.1) is 5.56 Å². The average molecular weight is 319 g/mol. The van der Waals surface area contributed by atoms with Gasteiger partial charge in [0.15, 0.2) is 6.29 Å². The Morgan fingerprint density at radius 2 is 1.81 bits per heavy atom. The summed E-state index contributed by atoms with van der Waals surface area (Å²) in [7, 11) is 0. The molecule has 0 atom stereocenters. The standard InChI is InChI=1S/C14H7ClF4O2/c15-12-3-2-10(16)6-11(12)8-1-4-13(9(5-8)7-20)21-14(17,18)19/h1-7H. The van der Waals surface area contributed by atoms with Crippen molar-refractivity contribution in [1.82, 2.24) is 0 Å². The molecule has 0 saturated heterocycles. The molecule has 0 spiro atoms. The first-order chi connectivity index (χ1) is 9.80. The summed E-state index contributed by atoms with van der Waals surface area (Å²) in [5, 5.41) is 0.206. The smallest absolute Gasteiger partial charge is 0.405 e. The van der Waals surface area contributed by atoms with Gasteiger partial charge in [0.25, 0.3) is 0 Å². The number of halogens is 5. The molecule has 0 unspecified atom stereocenters. The van der Waals surface area contributed by atoms with Crippen molar-refractivity contribution in [2.75, 3.05) is 0 Å². The number of rotatable bonds is 3. The van der Waals surface area contributed by atoms with E-state index in [-0.39, 0.29) is 22.4 Å². The molecule has 2 aromatic carbocycles. The Hall–Kier alpha value is -2.08. The largest absolute Gasteiger partial charge is 0.573 e. The van der Waals surface area contributed by atoms with Crippen LogP contribution in [0.25, 0.3) is 11.1 Å². The monoisotopic (exact) mass is 318 g/mol. The lowest BCUT2D eigenvalue weighted by atomic mass is 10.0. The predicted octanol–water partition coefficient (Wildman–Crippen LogP) is 4.86. The number of ether oxygens (including phenoxy) is 1. The highest BCUT2D eigenvalue weighted by atomic mass is 35.5. The molecule has 0 fully saturated rings. The quantitative estimate of drug-likeness (QED) is 0.597. The fraction of sp³-hybridized carbons (Fsp3) is 0.0714. The van der Waals surface area contributed by atoms with Crippen molar-refractivity contribution in [3.63, 3.8) is 0 Å². The van der Waals surface area contributed by atoms with Crippen molar-refractivity contribution in [3.05, 3.63) is 52.8 Å². The maximum absolute atomic E-state index is 13.2. The van der Waals surface area contributed by atoms with Crippen molar-refractivity contribution in [3.8, 4) is 16.9 Å². The van der Waals surface area contributed by atoms with Crippen LogP contribution in [0.1, 0.15) is 10.4 Å². The van der Waals surface area contributed by atoms with Crippen LogP contribution in [0.4, 0.5) is 17.6 Å². The molecule has 2 nitrogen and oxygen atoms in total. The van der Waals surface area contributed by atoms with Crippen LogP contribution in [-0.2, 0) is 0 Å². The lowest BCUT2D eigenvalue weighted by Gasteiger charge is -2.12. The van der Waals surface area contributed by atoms with E-state index in [1.54, 1.807) is 0 Å². The number of alkyl halides is 3. The molecule has 110 valence electrons. The lowest BCUT2D eigenvalue weighted by Crippen LogP contribution is -2.18. The summed E-state index contributed by atoms with van der Waals surface area (Å²) < 4.78 is 53.5. The summed E-state index contributed by atoms with van der Waals surface area (Å²) in [6.45, 7) is 0. The summed E-state index contributed by atoms with van der Waals surface area (Å²) in [4.78, 5) is 10.9. The minimum Gasteiger partial charge on any atom is -0.405 e. The zero-order valence-corrected chi connectivity index (χ0v) is 11.0. The van der Waals surface area contributed by atoms with Crippen LogP contribution >= 0.6 is 11.6 Å². The first-order valence-corrected chi connectivity index (χ1v) is 5.98. The van der Waals surface area contributed by atoms with Gasteiger partial charge < -0.3 is 4.74 Å². The number of benzene rings is 2. The van der Waals surface area contributed by atoms with Gasteiger partial charge >= 0.3 is 6.36 Å². The van der Waals surface area contributed by atoms with Gasteiger partial charge in [0.2, 0.25) is 0 Å². The van der Waals surface area contributed by atoms with E-state index < -0.39 is 17.9 Å². The van der Waals surface area contributed by atoms with E-state index in [1.807, 2.05) is 0 Å². The third-order valence-electron chi connectivity index (χ3n) is 2.60. The molecule has 0 bridgehead atoms. The molecule has 0 amide bonds. The summed E-state index contributed by atoms with van der Waals surface area (Å²) in [5.41, 5.74) is 0.250. The minimum absolute atomic E-state index is 0.206. The van der Waals surface area contributed by atoms with Gasteiger partial charge in [-0.15, -0.1) is 13.2 Å². The zero-order valence-electron chi connectivity index (χ0n) is 10.2. The van der Waals surface area contributed by atoms with Crippen LogP contribution in [-0.4, -0.2) is 12.6 Å². The van der Waals surface area contributed by atoms with Crippen molar-refractivity contribution in [2.24, 2.45) is 0 Å². The number of hydrogen-bond donors (Lipinski definition) is 0. The highest BCUT2D eigenvalue weighted by Gasteiger charge is 2.32. The number of carbonyl (C=O) groups excluding carboxylic acids is 1. The molecule has 0 N–H and O–H groups in total. The van der Waals surface area contributed by atoms with E-state index in [1.165, 1.54) is 12.1 Å². The van der Waals surface area contributed by atoms with Gasteiger partial charge in [-0.1, -0.05) is 17.7 Å². The molecule has 2 rings (SSSR count). The number of carbonyl (C=O) groups is 1. The van der Waals surface area contributed by atoms with Crippen LogP contribution < -0.4 is 4.74 Å². The fourth-order valence-corrected chi connectivity index (χ4v) is 1.97. The van der Waals surface area contributed by atoms with E-state index in [9.17, 15) is 22.4 Å². The van der Waals surface area contributed by atoms with Crippen LogP contribution in [0.3, 0.4) is 0 Å². The molecule has 0 aromatic heterocycles. The maximum Gasteiger partial charge on any atom is 0.573 e. The van der Waals surface area contributed by atoms with Crippen molar-refractivity contribution < 1.29 is 27.1 Å². The van der Waals surface area contributed by atoms with Crippen LogP contribution in [0.2, 0.25) is 5.02 Å². The Morgan fingerprint density at radius 3 is 2.43 bits per heavy atom.